The lowest BCUT2D eigenvalue weighted by Crippen LogP contribution is -2.13. The first-order chi connectivity index (χ1) is 11.3. The summed E-state index contributed by atoms with van der Waals surface area (Å²) < 4.78 is 78.1. The van der Waals surface area contributed by atoms with Crippen LogP contribution in [0, 0.1) is 0 Å². The van der Waals surface area contributed by atoms with E-state index in [1.54, 1.807) is 0 Å². The van der Waals surface area contributed by atoms with Crippen LogP contribution in [0.2, 0.25) is 5.02 Å². The zero-order chi connectivity index (χ0) is 19.2. The highest BCUT2D eigenvalue weighted by molar-refractivity contribution is 6.31. The van der Waals surface area contributed by atoms with Gasteiger partial charge in [0, 0.05) is 10.6 Å². The second-order valence-electron chi connectivity index (χ2n) is 4.97. The standard InChI is InChI=1S/C15H8ClF6NO2/c16-7-4-9(12(24)10(5-7)13(23)25)8-3-6(14(17,18)19)1-2-11(8)15(20,21)22/h1-5,24H,(H2,23,25). The van der Waals surface area contributed by atoms with Crippen LogP contribution in [0.1, 0.15) is 21.5 Å². The van der Waals surface area contributed by atoms with Crippen LogP contribution in [0.5, 0.6) is 5.75 Å². The maximum atomic E-state index is 13.2. The van der Waals surface area contributed by atoms with E-state index in [1.165, 1.54) is 0 Å². The van der Waals surface area contributed by atoms with Gasteiger partial charge in [-0.05, 0) is 35.9 Å². The van der Waals surface area contributed by atoms with Gasteiger partial charge in [0.05, 0.1) is 16.7 Å². The Morgan fingerprint density at radius 2 is 1.56 bits per heavy atom. The first-order valence-electron chi connectivity index (χ1n) is 6.43. The molecule has 1 amide bonds. The number of amides is 1. The van der Waals surface area contributed by atoms with E-state index in [0.717, 1.165) is 12.1 Å². The Bertz CT molecular complexity index is 845. The quantitative estimate of drug-likeness (QED) is 0.728. The Morgan fingerprint density at radius 3 is 2.04 bits per heavy atom. The zero-order valence-corrected chi connectivity index (χ0v) is 12.7. The van der Waals surface area contributed by atoms with Crippen molar-refractivity contribution in [2.75, 3.05) is 0 Å². The Kier molecular flexibility index (Phi) is 4.65. The third kappa shape index (κ3) is 3.81. The number of carbonyl (C=O) groups is 1. The van der Waals surface area contributed by atoms with E-state index in [2.05, 4.69) is 0 Å². The molecule has 0 aromatic heterocycles. The summed E-state index contributed by atoms with van der Waals surface area (Å²) in [4.78, 5) is 11.3. The summed E-state index contributed by atoms with van der Waals surface area (Å²) in [6.45, 7) is 0. The number of carbonyl (C=O) groups excluding carboxylic acids is 1. The fourth-order valence-corrected chi connectivity index (χ4v) is 2.40. The highest BCUT2D eigenvalue weighted by atomic mass is 35.5. The molecule has 134 valence electrons. The molecule has 0 aliphatic heterocycles. The summed E-state index contributed by atoms with van der Waals surface area (Å²) in [6, 6.07) is 2.43. The number of aromatic hydroxyl groups is 1. The van der Waals surface area contributed by atoms with Crippen molar-refractivity contribution in [2.24, 2.45) is 5.73 Å². The summed E-state index contributed by atoms with van der Waals surface area (Å²) in [5.41, 5.74) is -0.102. The van der Waals surface area contributed by atoms with Crippen molar-refractivity contribution >= 4 is 17.5 Å². The lowest BCUT2D eigenvalue weighted by Gasteiger charge is -2.17. The Morgan fingerprint density at radius 1 is 0.960 bits per heavy atom. The van der Waals surface area contributed by atoms with Gasteiger partial charge in [-0.25, -0.2) is 0 Å². The molecule has 2 rings (SSSR count). The van der Waals surface area contributed by atoms with Gasteiger partial charge < -0.3 is 10.8 Å². The van der Waals surface area contributed by atoms with Crippen molar-refractivity contribution in [3.05, 3.63) is 52.0 Å². The van der Waals surface area contributed by atoms with Gasteiger partial charge in [0.15, 0.2) is 0 Å². The second-order valence-corrected chi connectivity index (χ2v) is 5.41. The molecule has 0 spiro atoms. The average Bonchev–Trinajstić information content (AvgIpc) is 2.46. The highest BCUT2D eigenvalue weighted by Gasteiger charge is 2.38. The summed E-state index contributed by atoms with van der Waals surface area (Å²) in [5, 5.41) is 9.73. The van der Waals surface area contributed by atoms with E-state index in [1.807, 2.05) is 0 Å². The predicted molar refractivity (Wildman–Crippen MR) is 77.1 cm³/mol. The van der Waals surface area contributed by atoms with E-state index in [0.29, 0.717) is 0 Å². The van der Waals surface area contributed by atoms with Crippen LogP contribution in [0.25, 0.3) is 11.1 Å². The number of halogens is 7. The number of alkyl halides is 6. The van der Waals surface area contributed by atoms with Gasteiger partial charge in [0.1, 0.15) is 5.75 Å². The number of hydrogen-bond acceptors (Lipinski definition) is 2. The van der Waals surface area contributed by atoms with Crippen LogP contribution in [-0.4, -0.2) is 11.0 Å². The minimum Gasteiger partial charge on any atom is -0.506 e. The molecule has 0 saturated carbocycles. The molecule has 0 saturated heterocycles. The molecule has 0 radical (unpaired) electrons. The number of nitrogens with two attached hydrogens (primary N) is 1. The maximum absolute atomic E-state index is 13.2. The molecule has 3 nitrogen and oxygen atoms in total. The third-order valence-corrected chi connectivity index (χ3v) is 3.50. The lowest BCUT2D eigenvalue weighted by atomic mass is 9.94. The molecule has 0 fully saturated rings. The molecule has 0 unspecified atom stereocenters. The van der Waals surface area contributed by atoms with Crippen molar-refractivity contribution in [2.45, 2.75) is 12.4 Å². The van der Waals surface area contributed by atoms with Gasteiger partial charge in [0.2, 0.25) is 0 Å². The molecule has 0 aliphatic carbocycles. The molecular formula is C15H8ClF6NO2. The molecule has 0 heterocycles. The van der Waals surface area contributed by atoms with E-state index in [4.69, 9.17) is 17.3 Å². The molecule has 10 heteroatoms. The van der Waals surface area contributed by atoms with Gasteiger partial charge in [0.25, 0.3) is 5.91 Å². The maximum Gasteiger partial charge on any atom is 0.417 e. The van der Waals surface area contributed by atoms with Crippen LogP contribution in [0.15, 0.2) is 30.3 Å². The van der Waals surface area contributed by atoms with Gasteiger partial charge in [-0.1, -0.05) is 11.6 Å². The molecular weight excluding hydrogens is 376 g/mol. The van der Waals surface area contributed by atoms with Crippen molar-refractivity contribution in [3.8, 4) is 16.9 Å². The number of rotatable bonds is 2. The monoisotopic (exact) mass is 383 g/mol. The number of phenols is 1. The molecule has 0 bridgehead atoms. The van der Waals surface area contributed by atoms with E-state index in [9.17, 15) is 36.2 Å². The van der Waals surface area contributed by atoms with E-state index < -0.39 is 51.8 Å². The van der Waals surface area contributed by atoms with Crippen molar-refractivity contribution in [3.63, 3.8) is 0 Å². The van der Waals surface area contributed by atoms with Crippen molar-refractivity contribution in [1.29, 1.82) is 0 Å². The van der Waals surface area contributed by atoms with E-state index >= 15 is 0 Å². The lowest BCUT2D eigenvalue weighted by molar-refractivity contribution is -0.141. The van der Waals surface area contributed by atoms with E-state index in [-0.39, 0.29) is 23.2 Å². The van der Waals surface area contributed by atoms with Crippen LogP contribution in [-0.2, 0) is 12.4 Å². The van der Waals surface area contributed by atoms with Crippen LogP contribution >= 0.6 is 11.6 Å². The summed E-state index contributed by atoms with van der Waals surface area (Å²) >= 11 is 5.69. The fourth-order valence-electron chi connectivity index (χ4n) is 2.18. The van der Waals surface area contributed by atoms with Crippen LogP contribution < -0.4 is 5.73 Å². The van der Waals surface area contributed by atoms with Crippen molar-refractivity contribution < 1.29 is 36.2 Å². The highest BCUT2D eigenvalue weighted by Crippen LogP contribution is 2.44. The number of hydrogen-bond donors (Lipinski definition) is 2. The first-order valence-corrected chi connectivity index (χ1v) is 6.81. The predicted octanol–water partition coefficient (Wildman–Crippen LogP) is 4.85. The third-order valence-electron chi connectivity index (χ3n) is 3.28. The Labute approximate surface area is 141 Å². The molecule has 0 aliphatic rings. The fraction of sp³-hybridized carbons (Fsp3) is 0.133. The van der Waals surface area contributed by atoms with Gasteiger partial charge in [-0.15, -0.1) is 0 Å². The summed E-state index contributed by atoms with van der Waals surface area (Å²) in [7, 11) is 0. The van der Waals surface area contributed by atoms with Crippen molar-refractivity contribution in [1.82, 2.24) is 0 Å². The van der Waals surface area contributed by atoms with Crippen LogP contribution in [0.4, 0.5) is 26.3 Å². The van der Waals surface area contributed by atoms with Gasteiger partial charge in [-0.3, -0.25) is 4.79 Å². The van der Waals surface area contributed by atoms with Gasteiger partial charge in [-0.2, -0.15) is 26.3 Å². The number of primary amides is 1. The average molecular weight is 384 g/mol. The summed E-state index contributed by atoms with van der Waals surface area (Å²) in [5.74, 6) is -2.21. The molecule has 2 aromatic carbocycles. The topological polar surface area (TPSA) is 63.3 Å². The van der Waals surface area contributed by atoms with Gasteiger partial charge >= 0.3 is 12.4 Å². The SMILES string of the molecule is NC(=O)c1cc(Cl)cc(-c2cc(C(F)(F)F)ccc2C(F)(F)F)c1O. The zero-order valence-electron chi connectivity index (χ0n) is 12.0. The molecule has 25 heavy (non-hydrogen) atoms. The largest absolute Gasteiger partial charge is 0.506 e. The Hall–Kier alpha value is -2.42. The summed E-state index contributed by atoms with van der Waals surface area (Å²) in [6.07, 6.45) is -9.93. The molecule has 0 atom stereocenters. The number of benzene rings is 2. The molecule has 3 N–H and O–H groups in total. The van der Waals surface area contributed by atoms with Crippen LogP contribution in [0.3, 0.4) is 0 Å². The first kappa shape index (κ1) is 18.9. The minimum absolute atomic E-state index is 0.221. The Balaban J connectivity index is 2.88. The second kappa shape index (κ2) is 6.14. The normalized spacial score (nSPS) is 12.3. The smallest absolute Gasteiger partial charge is 0.417 e. The molecule has 2 aromatic rings. The minimum atomic E-state index is -5.01.